The van der Waals surface area contributed by atoms with Crippen molar-refractivity contribution in [1.29, 1.82) is 0 Å². The number of hydrogen-bond donors (Lipinski definition) is 1. The lowest BCUT2D eigenvalue weighted by atomic mass is 10.1. The maximum absolute atomic E-state index is 10.5. The van der Waals surface area contributed by atoms with Crippen LogP contribution in [0.1, 0.15) is 5.56 Å². The number of rotatable bonds is 3. The molecule has 17 heavy (non-hydrogen) atoms. The normalized spacial score (nSPS) is 17.1. The monoisotopic (exact) mass is 233 g/mol. The van der Waals surface area contributed by atoms with Crippen molar-refractivity contribution in [2.24, 2.45) is 0 Å². The number of aldehydes is 1. The summed E-state index contributed by atoms with van der Waals surface area (Å²) in [6, 6.07) is 6.04. The molecule has 0 bridgehead atoms. The first-order chi connectivity index (χ1) is 8.22. The number of carbonyl (C=O) groups excluding carboxylic acids is 1. The predicted molar refractivity (Wildman–Crippen MR) is 70.3 cm³/mol. The Labute approximate surface area is 102 Å². The van der Waals surface area contributed by atoms with Gasteiger partial charge < -0.3 is 15.4 Å². The maximum Gasteiger partial charge on any atom is 0.133 e. The lowest BCUT2D eigenvalue weighted by Gasteiger charge is -2.36. The molecule has 1 saturated heterocycles. The first kappa shape index (κ1) is 11.9. The van der Waals surface area contributed by atoms with Gasteiger partial charge >= 0.3 is 0 Å². The third kappa shape index (κ3) is 2.58. The lowest BCUT2D eigenvalue weighted by Crippen LogP contribution is -2.47. The topological polar surface area (TPSA) is 49.6 Å². The summed E-state index contributed by atoms with van der Waals surface area (Å²) in [5.74, 6) is 0. The average molecular weight is 233 g/mol. The first-order valence-corrected chi connectivity index (χ1v) is 5.98. The second-order valence-electron chi connectivity index (χ2n) is 4.45. The molecule has 0 amide bonds. The average Bonchev–Trinajstić information content (AvgIpc) is 2.34. The van der Waals surface area contributed by atoms with Crippen LogP contribution < -0.4 is 10.6 Å². The molecule has 1 aliphatic heterocycles. The van der Waals surface area contributed by atoms with Crippen LogP contribution in [0.5, 0.6) is 0 Å². The molecular weight excluding hydrogens is 214 g/mol. The molecule has 92 valence electrons. The van der Waals surface area contributed by atoms with Crippen molar-refractivity contribution in [2.45, 2.75) is 6.92 Å². The zero-order valence-electron chi connectivity index (χ0n) is 10.2. The summed E-state index contributed by atoms with van der Waals surface area (Å²) in [6.45, 7) is 6.39. The van der Waals surface area contributed by atoms with Gasteiger partial charge in [-0.2, -0.15) is 0 Å². The van der Waals surface area contributed by atoms with E-state index in [0.29, 0.717) is 6.54 Å². The second kappa shape index (κ2) is 5.19. The predicted octanol–water partition coefficient (Wildman–Crippen LogP) is 0.898. The van der Waals surface area contributed by atoms with Crippen molar-refractivity contribution in [1.82, 2.24) is 4.90 Å². The molecule has 0 radical (unpaired) electrons. The number of nitrogens with two attached hydrogens (primary N) is 1. The van der Waals surface area contributed by atoms with E-state index in [1.54, 1.807) is 0 Å². The van der Waals surface area contributed by atoms with Crippen LogP contribution in [0.2, 0.25) is 0 Å². The Kier molecular flexibility index (Phi) is 3.64. The number of hydrogen-bond acceptors (Lipinski definition) is 4. The second-order valence-corrected chi connectivity index (χ2v) is 4.45. The Bertz CT molecular complexity index is 398. The van der Waals surface area contributed by atoms with Gasteiger partial charge in [0.15, 0.2) is 0 Å². The van der Waals surface area contributed by atoms with Crippen LogP contribution >= 0.6 is 0 Å². The van der Waals surface area contributed by atoms with Crippen molar-refractivity contribution in [3.05, 3.63) is 23.8 Å². The number of nitrogen functional groups attached to an aromatic ring is 1. The minimum atomic E-state index is 0.545. The van der Waals surface area contributed by atoms with Crippen molar-refractivity contribution >= 4 is 17.7 Å². The largest absolute Gasteiger partial charge is 0.398 e. The molecule has 0 spiro atoms. The van der Waals surface area contributed by atoms with E-state index in [1.807, 2.05) is 12.1 Å². The van der Waals surface area contributed by atoms with Gasteiger partial charge in [-0.3, -0.25) is 4.90 Å². The van der Waals surface area contributed by atoms with Crippen molar-refractivity contribution < 1.29 is 4.79 Å². The summed E-state index contributed by atoms with van der Waals surface area (Å²) < 4.78 is 0. The van der Waals surface area contributed by atoms with Crippen LogP contribution in [-0.2, 0) is 4.79 Å². The van der Waals surface area contributed by atoms with Crippen molar-refractivity contribution in [3.63, 3.8) is 0 Å². The Morgan fingerprint density at radius 1 is 1.29 bits per heavy atom. The van der Waals surface area contributed by atoms with E-state index in [2.05, 4.69) is 22.8 Å². The van der Waals surface area contributed by atoms with Gasteiger partial charge in [0.05, 0.1) is 6.54 Å². The third-order valence-electron chi connectivity index (χ3n) is 3.39. The van der Waals surface area contributed by atoms with E-state index >= 15 is 0 Å². The minimum Gasteiger partial charge on any atom is -0.398 e. The summed E-state index contributed by atoms with van der Waals surface area (Å²) in [4.78, 5) is 15.0. The summed E-state index contributed by atoms with van der Waals surface area (Å²) in [7, 11) is 0. The Morgan fingerprint density at radius 3 is 2.65 bits per heavy atom. The van der Waals surface area contributed by atoms with Crippen molar-refractivity contribution in [2.75, 3.05) is 43.4 Å². The number of anilines is 2. The van der Waals surface area contributed by atoms with Crippen LogP contribution in [0.4, 0.5) is 11.4 Å². The standard InChI is InChI=1S/C13H19N3O/c1-11-12(14)3-2-4-13(11)16-7-5-15(6-8-16)9-10-17/h2-4,10H,5-9,14H2,1H3. The number of nitrogens with zero attached hydrogens (tertiary/aromatic N) is 2. The van der Waals surface area contributed by atoms with Gasteiger partial charge in [0.2, 0.25) is 0 Å². The fourth-order valence-corrected chi connectivity index (χ4v) is 2.26. The van der Waals surface area contributed by atoms with Crippen LogP contribution in [0.15, 0.2) is 18.2 Å². The van der Waals surface area contributed by atoms with Gasteiger partial charge in [-0.25, -0.2) is 0 Å². The Balaban J connectivity index is 2.05. The molecule has 0 saturated carbocycles. The Morgan fingerprint density at radius 2 is 2.00 bits per heavy atom. The molecule has 1 aromatic carbocycles. The molecule has 0 unspecified atom stereocenters. The molecule has 2 rings (SSSR count). The molecule has 2 N–H and O–H groups in total. The third-order valence-corrected chi connectivity index (χ3v) is 3.39. The number of carbonyl (C=O) groups is 1. The van der Waals surface area contributed by atoms with Gasteiger partial charge in [0, 0.05) is 37.6 Å². The molecule has 0 aliphatic carbocycles. The van der Waals surface area contributed by atoms with Gasteiger partial charge in [0.1, 0.15) is 6.29 Å². The van der Waals surface area contributed by atoms with Gasteiger partial charge in [-0.1, -0.05) is 6.07 Å². The zero-order valence-corrected chi connectivity index (χ0v) is 10.2. The molecule has 1 aliphatic rings. The highest BCUT2D eigenvalue weighted by Crippen LogP contribution is 2.25. The van der Waals surface area contributed by atoms with E-state index in [9.17, 15) is 4.79 Å². The van der Waals surface area contributed by atoms with Crippen LogP contribution in [0.25, 0.3) is 0 Å². The summed E-state index contributed by atoms with van der Waals surface area (Å²) in [5, 5.41) is 0. The summed E-state index contributed by atoms with van der Waals surface area (Å²) >= 11 is 0. The summed E-state index contributed by atoms with van der Waals surface area (Å²) in [6.07, 6.45) is 0.974. The van der Waals surface area contributed by atoms with E-state index < -0.39 is 0 Å². The number of piperazine rings is 1. The van der Waals surface area contributed by atoms with Gasteiger partial charge in [-0.05, 0) is 24.6 Å². The van der Waals surface area contributed by atoms with Crippen LogP contribution in [0, 0.1) is 6.92 Å². The van der Waals surface area contributed by atoms with Crippen molar-refractivity contribution in [3.8, 4) is 0 Å². The molecule has 1 heterocycles. The van der Waals surface area contributed by atoms with Crippen LogP contribution in [-0.4, -0.2) is 43.9 Å². The highest BCUT2D eigenvalue weighted by molar-refractivity contribution is 5.64. The quantitative estimate of drug-likeness (QED) is 0.622. The van der Waals surface area contributed by atoms with E-state index in [1.165, 1.54) is 5.69 Å². The molecule has 4 nitrogen and oxygen atoms in total. The van der Waals surface area contributed by atoms with Gasteiger partial charge in [0.25, 0.3) is 0 Å². The number of benzene rings is 1. The SMILES string of the molecule is Cc1c(N)cccc1N1CCN(CC=O)CC1. The smallest absolute Gasteiger partial charge is 0.133 e. The van der Waals surface area contributed by atoms with E-state index in [0.717, 1.165) is 43.7 Å². The molecular formula is C13H19N3O. The first-order valence-electron chi connectivity index (χ1n) is 5.98. The highest BCUT2D eigenvalue weighted by atomic mass is 16.1. The maximum atomic E-state index is 10.5. The zero-order chi connectivity index (χ0) is 12.3. The molecule has 0 aromatic heterocycles. The molecule has 4 heteroatoms. The fraction of sp³-hybridized carbons (Fsp3) is 0.462. The molecule has 0 atom stereocenters. The molecule has 1 fully saturated rings. The highest BCUT2D eigenvalue weighted by Gasteiger charge is 2.18. The molecule has 1 aromatic rings. The lowest BCUT2D eigenvalue weighted by molar-refractivity contribution is -0.108. The minimum absolute atomic E-state index is 0.545. The van der Waals surface area contributed by atoms with E-state index in [-0.39, 0.29) is 0 Å². The fourth-order valence-electron chi connectivity index (χ4n) is 2.26. The van der Waals surface area contributed by atoms with Gasteiger partial charge in [-0.15, -0.1) is 0 Å². The Hall–Kier alpha value is -1.55. The summed E-state index contributed by atoms with van der Waals surface area (Å²) in [5.41, 5.74) is 9.13. The van der Waals surface area contributed by atoms with Crippen LogP contribution in [0.3, 0.4) is 0 Å². The van der Waals surface area contributed by atoms with E-state index in [4.69, 9.17) is 5.73 Å².